The number of benzene rings is 2. The molecule has 0 fully saturated rings. The molecule has 20 heavy (non-hydrogen) atoms. The predicted octanol–water partition coefficient (Wildman–Crippen LogP) is 4.34. The second-order valence-corrected chi connectivity index (χ2v) is 5.48. The van der Waals surface area contributed by atoms with E-state index in [2.05, 4.69) is 0 Å². The van der Waals surface area contributed by atoms with Crippen LogP contribution in [-0.4, -0.2) is 5.11 Å². The van der Waals surface area contributed by atoms with Gasteiger partial charge in [-0.05, 0) is 48.4 Å². The van der Waals surface area contributed by atoms with Crippen molar-refractivity contribution in [3.63, 3.8) is 0 Å². The molecular weight excluding hydrogens is 279 g/mol. The maximum atomic E-state index is 13.4. The SMILES string of the molecule is Cc1ccc(F)cc1C1C[C@@H](O)c2cc(Cl)ccc2O1. The molecule has 0 saturated heterocycles. The molecule has 104 valence electrons. The number of aliphatic hydroxyl groups excluding tert-OH is 1. The van der Waals surface area contributed by atoms with Gasteiger partial charge in [-0.1, -0.05) is 17.7 Å². The molecule has 0 amide bonds. The van der Waals surface area contributed by atoms with E-state index in [4.69, 9.17) is 16.3 Å². The number of halogens is 2. The molecule has 0 aromatic heterocycles. The summed E-state index contributed by atoms with van der Waals surface area (Å²) in [5.74, 6) is 0.299. The average Bonchev–Trinajstić information content (AvgIpc) is 2.42. The lowest BCUT2D eigenvalue weighted by atomic mass is 9.93. The zero-order valence-electron chi connectivity index (χ0n) is 10.9. The lowest BCUT2D eigenvalue weighted by Gasteiger charge is -2.30. The first kappa shape index (κ1) is 13.4. The van der Waals surface area contributed by atoms with E-state index in [0.717, 1.165) is 11.1 Å². The van der Waals surface area contributed by atoms with Crippen LogP contribution < -0.4 is 4.74 Å². The quantitative estimate of drug-likeness (QED) is 0.847. The van der Waals surface area contributed by atoms with Crippen LogP contribution in [0.4, 0.5) is 4.39 Å². The number of aryl methyl sites for hydroxylation is 1. The molecule has 1 unspecified atom stereocenters. The Morgan fingerprint density at radius 1 is 1.20 bits per heavy atom. The summed E-state index contributed by atoms with van der Waals surface area (Å²) in [6, 6.07) is 9.77. The molecule has 2 atom stereocenters. The van der Waals surface area contributed by atoms with Crippen LogP contribution in [-0.2, 0) is 0 Å². The number of hydrogen-bond donors (Lipinski definition) is 1. The second-order valence-electron chi connectivity index (χ2n) is 5.04. The third kappa shape index (κ3) is 2.39. The fourth-order valence-electron chi connectivity index (χ4n) is 2.57. The Labute approximate surface area is 121 Å². The van der Waals surface area contributed by atoms with E-state index in [0.29, 0.717) is 22.8 Å². The molecule has 2 nitrogen and oxygen atoms in total. The lowest BCUT2D eigenvalue weighted by Crippen LogP contribution is -2.19. The summed E-state index contributed by atoms with van der Waals surface area (Å²) in [6.07, 6.45) is -0.628. The maximum absolute atomic E-state index is 13.4. The van der Waals surface area contributed by atoms with Gasteiger partial charge in [-0.25, -0.2) is 4.39 Å². The van der Waals surface area contributed by atoms with Crippen molar-refractivity contribution >= 4 is 11.6 Å². The molecule has 1 aliphatic rings. The van der Waals surface area contributed by atoms with Crippen LogP contribution in [0.2, 0.25) is 5.02 Å². The summed E-state index contributed by atoms with van der Waals surface area (Å²) in [5.41, 5.74) is 2.40. The zero-order valence-corrected chi connectivity index (χ0v) is 11.7. The first-order valence-electron chi connectivity index (χ1n) is 6.45. The highest BCUT2D eigenvalue weighted by Gasteiger charge is 2.29. The number of rotatable bonds is 1. The van der Waals surface area contributed by atoms with E-state index in [9.17, 15) is 9.50 Å². The number of hydrogen-bond acceptors (Lipinski definition) is 2. The van der Waals surface area contributed by atoms with Gasteiger partial charge >= 0.3 is 0 Å². The monoisotopic (exact) mass is 292 g/mol. The summed E-state index contributed by atoms with van der Waals surface area (Å²) in [5, 5.41) is 10.8. The van der Waals surface area contributed by atoms with Crippen molar-refractivity contribution < 1.29 is 14.2 Å². The van der Waals surface area contributed by atoms with Crippen molar-refractivity contribution in [3.8, 4) is 5.75 Å². The van der Waals surface area contributed by atoms with E-state index in [1.54, 1.807) is 24.3 Å². The Kier molecular flexibility index (Phi) is 3.40. The van der Waals surface area contributed by atoms with Crippen LogP contribution in [0.5, 0.6) is 5.75 Å². The fraction of sp³-hybridized carbons (Fsp3) is 0.250. The first-order chi connectivity index (χ1) is 9.54. The van der Waals surface area contributed by atoms with Gasteiger partial charge in [0.15, 0.2) is 0 Å². The Morgan fingerprint density at radius 2 is 2.00 bits per heavy atom. The highest BCUT2D eigenvalue weighted by Crippen LogP contribution is 2.42. The Morgan fingerprint density at radius 3 is 2.80 bits per heavy atom. The molecular formula is C16H14ClFO2. The van der Waals surface area contributed by atoms with Gasteiger partial charge in [0.25, 0.3) is 0 Å². The first-order valence-corrected chi connectivity index (χ1v) is 6.82. The minimum atomic E-state index is -0.662. The van der Waals surface area contributed by atoms with Gasteiger partial charge in [-0.15, -0.1) is 0 Å². The number of ether oxygens (including phenoxy) is 1. The summed E-state index contributed by atoms with van der Waals surface area (Å²) in [7, 11) is 0. The molecule has 1 aliphatic heterocycles. The molecule has 2 aromatic rings. The summed E-state index contributed by atoms with van der Waals surface area (Å²) >= 11 is 5.93. The van der Waals surface area contributed by atoms with Gasteiger partial charge in [0.2, 0.25) is 0 Å². The molecule has 2 aromatic carbocycles. The Balaban J connectivity index is 1.99. The Hall–Kier alpha value is -1.58. The minimum absolute atomic E-state index is 0.300. The van der Waals surface area contributed by atoms with Crippen molar-refractivity contribution in [2.75, 3.05) is 0 Å². The predicted molar refractivity (Wildman–Crippen MR) is 75.5 cm³/mol. The molecule has 0 saturated carbocycles. The van der Waals surface area contributed by atoms with E-state index >= 15 is 0 Å². The molecule has 4 heteroatoms. The van der Waals surface area contributed by atoms with E-state index in [1.807, 2.05) is 6.92 Å². The van der Waals surface area contributed by atoms with Crippen LogP contribution in [0.3, 0.4) is 0 Å². The van der Waals surface area contributed by atoms with Crippen molar-refractivity contribution in [3.05, 3.63) is 63.9 Å². The van der Waals surface area contributed by atoms with Crippen LogP contribution in [0.25, 0.3) is 0 Å². The van der Waals surface area contributed by atoms with Crippen LogP contribution in [0.1, 0.15) is 35.3 Å². The molecule has 1 N–H and O–H groups in total. The standard InChI is InChI=1S/C16H14ClFO2/c1-9-2-4-11(18)7-12(9)16-8-14(19)13-6-10(17)3-5-15(13)20-16/h2-7,14,16,19H,8H2,1H3/t14-,16?/m1/s1. The zero-order chi connectivity index (χ0) is 14.3. The lowest BCUT2D eigenvalue weighted by molar-refractivity contribution is 0.0653. The fourth-order valence-corrected chi connectivity index (χ4v) is 2.75. The van der Waals surface area contributed by atoms with Crippen LogP contribution in [0.15, 0.2) is 36.4 Å². The molecule has 0 radical (unpaired) electrons. The summed E-state index contributed by atoms with van der Waals surface area (Å²) < 4.78 is 19.3. The third-order valence-electron chi connectivity index (χ3n) is 3.63. The van der Waals surface area contributed by atoms with Crippen LogP contribution >= 0.6 is 11.6 Å². The third-order valence-corrected chi connectivity index (χ3v) is 3.86. The van der Waals surface area contributed by atoms with Crippen molar-refractivity contribution in [2.24, 2.45) is 0 Å². The summed E-state index contributed by atoms with van der Waals surface area (Å²) in [6.45, 7) is 1.90. The molecule has 0 bridgehead atoms. The molecule has 0 spiro atoms. The highest BCUT2D eigenvalue weighted by molar-refractivity contribution is 6.30. The summed E-state index contributed by atoms with van der Waals surface area (Å²) in [4.78, 5) is 0. The average molecular weight is 293 g/mol. The van der Waals surface area contributed by atoms with Gasteiger partial charge in [0.1, 0.15) is 17.7 Å². The van der Waals surface area contributed by atoms with Gasteiger partial charge in [0.05, 0.1) is 6.10 Å². The van der Waals surface area contributed by atoms with Gasteiger partial charge in [0, 0.05) is 17.0 Å². The Bertz CT molecular complexity index is 657. The molecule has 0 aliphatic carbocycles. The van der Waals surface area contributed by atoms with Crippen molar-refractivity contribution in [1.29, 1.82) is 0 Å². The molecule has 1 heterocycles. The van der Waals surface area contributed by atoms with E-state index in [-0.39, 0.29) is 11.9 Å². The topological polar surface area (TPSA) is 29.5 Å². The minimum Gasteiger partial charge on any atom is -0.485 e. The molecule has 3 rings (SSSR count). The smallest absolute Gasteiger partial charge is 0.127 e. The largest absolute Gasteiger partial charge is 0.485 e. The normalized spacial score (nSPS) is 21.2. The van der Waals surface area contributed by atoms with Gasteiger partial charge in [-0.3, -0.25) is 0 Å². The second kappa shape index (κ2) is 5.08. The van der Waals surface area contributed by atoms with E-state index in [1.165, 1.54) is 12.1 Å². The number of fused-ring (bicyclic) bond motifs is 1. The van der Waals surface area contributed by atoms with Crippen LogP contribution in [0, 0.1) is 12.7 Å². The van der Waals surface area contributed by atoms with E-state index < -0.39 is 6.10 Å². The van der Waals surface area contributed by atoms with Gasteiger partial charge < -0.3 is 9.84 Å². The van der Waals surface area contributed by atoms with Crippen molar-refractivity contribution in [2.45, 2.75) is 25.6 Å². The maximum Gasteiger partial charge on any atom is 0.127 e. The van der Waals surface area contributed by atoms with Gasteiger partial charge in [-0.2, -0.15) is 0 Å². The highest BCUT2D eigenvalue weighted by atomic mass is 35.5. The number of aliphatic hydroxyl groups is 1. The van der Waals surface area contributed by atoms with Crippen molar-refractivity contribution in [1.82, 2.24) is 0 Å².